The van der Waals surface area contributed by atoms with Crippen LogP contribution < -0.4 is 0 Å². The molecule has 4 heteroatoms. The first-order valence-electron chi connectivity index (χ1n) is 12.5. The fraction of sp³-hybridized carbons (Fsp3) is 0.400. The molecule has 4 nitrogen and oxygen atoms in total. The highest BCUT2D eigenvalue weighted by molar-refractivity contribution is 5.16. The lowest BCUT2D eigenvalue weighted by atomic mass is 10.0. The maximum Gasteiger partial charge on any atom is 0.103 e. The van der Waals surface area contributed by atoms with Crippen LogP contribution in [0.4, 0.5) is 0 Å². The Bertz CT molecular complexity index is 997. The zero-order valence-corrected chi connectivity index (χ0v) is 20.0. The number of ether oxygens (including phenoxy) is 3. The normalized spacial score (nSPS) is 26.6. The van der Waals surface area contributed by atoms with Crippen LogP contribution in [0, 0.1) is 0 Å². The predicted molar refractivity (Wildman–Crippen MR) is 134 cm³/mol. The van der Waals surface area contributed by atoms with E-state index in [2.05, 4.69) is 84.6 Å². The average Bonchev–Trinajstić information content (AvgIpc) is 3.40. The molecule has 0 unspecified atom stereocenters. The Kier molecular flexibility index (Phi) is 7.72. The summed E-state index contributed by atoms with van der Waals surface area (Å²) in [4.78, 5) is 2.62. The highest BCUT2D eigenvalue weighted by atomic mass is 16.5. The number of benzene rings is 3. The van der Waals surface area contributed by atoms with Crippen LogP contribution in [0.1, 0.15) is 36.5 Å². The van der Waals surface area contributed by atoms with Crippen molar-refractivity contribution in [2.45, 2.75) is 69.9 Å². The van der Waals surface area contributed by atoms with Gasteiger partial charge in [-0.3, -0.25) is 4.90 Å². The fourth-order valence-corrected chi connectivity index (χ4v) is 5.55. The van der Waals surface area contributed by atoms with E-state index in [1.807, 2.05) is 18.2 Å². The number of hydrogen-bond donors (Lipinski definition) is 0. The van der Waals surface area contributed by atoms with Crippen molar-refractivity contribution in [1.82, 2.24) is 4.90 Å². The molecule has 5 rings (SSSR count). The molecule has 2 heterocycles. The van der Waals surface area contributed by atoms with E-state index in [1.165, 1.54) is 23.1 Å². The Morgan fingerprint density at radius 1 is 0.647 bits per heavy atom. The molecule has 3 aromatic carbocycles. The molecule has 2 aliphatic rings. The summed E-state index contributed by atoms with van der Waals surface area (Å²) in [7, 11) is 0. The Balaban J connectivity index is 1.33. The van der Waals surface area contributed by atoms with E-state index in [0.29, 0.717) is 38.5 Å². The SMILES string of the molecule is C[C@H]1CC[C@@H]2[C@@H](OCc3ccccc3)[C@H](OCc3ccccc3)[C@@H](COCc3ccccc3)N21. The molecule has 0 bridgehead atoms. The summed E-state index contributed by atoms with van der Waals surface area (Å²) in [6.07, 6.45) is 2.32. The molecule has 0 amide bonds. The Hall–Kier alpha value is -2.50. The van der Waals surface area contributed by atoms with Crippen molar-refractivity contribution in [3.8, 4) is 0 Å². The van der Waals surface area contributed by atoms with Crippen molar-refractivity contribution in [1.29, 1.82) is 0 Å². The molecule has 2 saturated heterocycles. The van der Waals surface area contributed by atoms with Crippen LogP contribution in [-0.4, -0.2) is 41.8 Å². The van der Waals surface area contributed by atoms with Crippen LogP contribution in [-0.2, 0) is 34.0 Å². The van der Waals surface area contributed by atoms with E-state index in [4.69, 9.17) is 14.2 Å². The Morgan fingerprint density at radius 3 is 1.71 bits per heavy atom. The van der Waals surface area contributed by atoms with Crippen LogP contribution in [0.5, 0.6) is 0 Å². The summed E-state index contributed by atoms with van der Waals surface area (Å²) in [5.74, 6) is 0. The van der Waals surface area contributed by atoms with E-state index in [1.54, 1.807) is 0 Å². The van der Waals surface area contributed by atoms with Gasteiger partial charge in [-0.1, -0.05) is 91.0 Å². The van der Waals surface area contributed by atoms with E-state index in [9.17, 15) is 0 Å². The topological polar surface area (TPSA) is 30.9 Å². The third-order valence-corrected chi connectivity index (χ3v) is 7.21. The number of fused-ring (bicyclic) bond motifs is 1. The lowest BCUT2D eigenvalue weighted by Gasteiger charge is -2.30. The van der Waals surface area contributed by atoms with Gasteiger partial charge in [-0.05, 0) is 36.5 Å². The summed E-state index contributed by atoms with van der Waals surface area (Å²) in [6.45, 7) is 4.78. The molecular weight excluding hydrogens is 422 g/mol. The fourth-order valence-electron chi connectivity index (χ4n) is 5.55. The second-order valence-electron chi connectivity index (χ2n) is 9.53. The number of nitrogens with zero attached hydrogens (tertiary/aromatic N) is 1. The standard InChI is InChI=1S/C30H35NO3/c1-23-17-18-27-29(33-20-25-13-7-3-8-14-25)30(34-21-26-15-9-4-10-16-26)28(31(23)27)22-32-19-24-11-5-2-6-12-24/h2-16,23,27-30H,17-22H2,1H3/t23-,27+,28+,29+,30+/m0/s1. The maximum absolute atomic E-state index is 6.64. The highest BCUT2D eigenvalue weighted by Gasteiger charge is 2.54. The molecule has 5 atom stereocenters. The molecule has 0 N–H and O–H groups in total. The van der Waals surface area contributed by atoms with Crippen molar-refractivity contribution in [2.24, 2.45) is 0 Å². The van der Waals surface area contributed by atoms with E-state index >= 15 is 0 Å². The van der Waals surface area contributed by atoms with Crippen LogP contribution >= 0.6 is 0 Å². The zero-order valence-electron chi connectivity index (χ0n) is 20.0. The van der Waals surface area contributed by atoms with Gasteiger partial charge in [0.05, 0.1) is 32.5 Å². The Morgan fingerprint density at radius 2 is 1.15 bits per heavy atom. The number of rotatable bonds is 10. The van der Waals surface area contributed by atoms with Crippen molar-refractivity contribution >= 4 is 0 Å². The van der Waals surface area contributed by atoms with Gasteiger partial charge in [0.1, 0.15) is 12.2 Å². The van der Waals surface area contributed by atoms with E-state index in [0.717, 1.165) is 6.42 Å². The summed E-state index contributed by atoms with van der Waals surface area (Å²) >= 11 is 0. The average molecular weight is 458 g/mol. The lowest BCUT2D eigenvalue weighted by Crippen LogP contribution is -2.44. The molecule has 2 fully saturated rings. The zero-order chi connectivity index (χ0) is 23.2. The molecule has 2 aliphatic heterocycles. The monoisotopic (exact) mass is 457 g/mol. The van der Waals surface area contributed by atoms with Gasteiger partial charge in [-0.15, -0.1) is 0 Å². The van der Waals surface area contributed by atoms with Crippen LogP contribution in [0.2, 0.25) is 0 Å². The van der Waals surface area contributed by atoms with Gasteiger partial charge in [-0.2, -0.15) is 0 Å². The van der Waals surface area contributed by atoms with Crippen LogP contribution in [0.3, 0.4) is 0 Å². The van der Waals surface area contributed by atoms with Crippen molar-refractivity contribution in [3.63, 3.8) is 0 Å². The molecule has 178 valence electrons. The second kappa shape index (κ2) is 11.3. The minimum atomic E-state index is -0.0348. The largest absolute Gasteiger partial charge is 0.375 e. The molecule has 34 heavy (non-hydrogen) atoms. The summed E-state index contributed by atoms with van der Waals surface area (Å²) in [6, 6.07) is 32.3. The van der Waals surface area contributed by atoms with Crippen LogP contribution in [0.15, 0.2) is 91.0 Å². The molecule has 0 aliphatic carbocycles. The Labute approximate surface area is 203 Å². The minimum Gasteiger partial charge on any atom is -0.375 e. The molecule has 3 aromatic rings. The molecule has 0 radical (unpaired) electrons. The first-order chi connectivity index (χ1) is 16.8. The van der Waals surface area contributed by atoms with Gasteiger partial charge in [0.25, 0.3) is 0 Å². The van der Waals surface area contributed by atoms with Crippen molar-refractivity contribution < 1.29 is 14.2 Å². The third kappa shape index (κ3) is 5.42. The van der Waals surface area contributed by atoms with Gasteiger partial charge >= 0.3 is 0 Å². The van der Waals surface area contributed by atoms with Gasteiger partial charge in [0.2, 0.25) is 0 Å². The smallest absolute Gasteiger partial charge is 0.103 e. The van der Waals surface area contributed by atoms with Crippen LogP contribution in [0.25, 0.3) is 0 Å². The summed E-state index contributed by atoms with van der Waals surface area (Å²) in [5, 5.41) is 0. The molecule has 0 spiro atoms. The summed E-state index contributed by atoms with van der Waals surface area (Å²) in [5.41, 5.74) is 3.59. The van der Waals surface area contributed by atoms with E-state index < -0.39 is 0 Å². The molecular formula is C30H35NO3. The van der Waals surface area contributed by atoms with Crippen molar-refractivity contribution in [2.75, 3.05) is 6.61 Å². The van der Waals surface area contributed by atoms with E-state index in [-0.39, 0.29) is 18.2 Å². The van der Waals surface area contributed by atoms with Gasteiger partial charge in [0.15, 0.2) is 0 Å². The second-order valence-corrected chi connectivity index (χ2v) is 9.53. The summed E-state index contributed by atoms with van der Waals surface area (Å²) < 4.78 is 19.5. The van der Waals surface area contributed by atoms with Gasteiger partial charge in [0, 0.05) is 12.1 Å². The lowest BCUT2D eigenvalue weighted by molar-refractivity contribution is -0.0884. The van der Waals surface area contributed by atoms with Crippen molar-refractivity contribution in [3.05, 3.63) is 108 Å². The highest BCUT2D eigenvalue weighted by Crippen LogP contribution is 2.40. The number of hydrogen-bond acceptors (Lipinski definition) is 4. The first kappa shape index (κ1) is 23.3. The minimum absolute atomic E-state index is 0.0270. The third-order valence-electron chi connectivity index (χ3n) is 7.21. The molecule has 0 aromatic heterocycles. The quantitative estimate of drug-likeness (QED) is 0.396. The maximum atomic E-state index is 6.64. The first-order valence-corrected chi connectivity index (χ1v) is 12.5. The molecule has 0 saturated carbocycles. The van der Waals surface area contributed by atoms with Gasteiger partial charge < -0.3 is 14.2 Å². The van der Waals surface area contributed by atoms with Gasteiger partial charge in [-0.25, -0.2) is 0 Å². The predicted octanol–water partition coefficient (Wildman–Crippen LogP) is 5.61.